The number of hydrogen-bond donors (Lipinski definition) is 1. The number of fused-ring (bicyclic) bond motifs is 2. The summed E-state index contributed by atoms with van der Waals surface area (Å²) in [6.45, 7) is 0.778. The number of para-hydroxylation sites is 1. The molecule has 2 N–H and O–H groups in total. The van der Waals surface area contributed by atoms with E-state index in [9.17, 15) is 9.59 Å². The van der Waals surface area contributed by atoms with Crippen molar-refractivity contribution in [1.29, 1.82) is 0 Å². The maximum absolute atomic E-state index is 13.1. The lowest BCUT2D eigenvalue weighted by Gasteiger charge is -2.15. The minimum absolute atomic E-state index is 0. The normalized spacial score (nSPS) is 18.1. The Kier molecular flexibility index (Phi) is 4.92. The zero-order valence-electron chi connectivity index (χ0n) is 14.0. The lowest BCUT2D eigenvalue weighted by molar-refractivity contribution is -0.114. The zero-order chi connectivity index (χ0) is 17.7. The van der Waals surface area contributed by atoms with E-state index in [0.29, 0.717) is 24.2 Å². The van der Waals surface area contributed by atoms with Crippen LogP contribution in [0.5, 0.6) is 0 Å². The summed E-state index contributed by atoms with van der Waals surface area (Å²) in [5.74, 6) is -0.336. The van der Waals surface area contributed by atoms with Gasteiger partial charge in [0.05, 0.1) is 22.5 Å². The molecule has 2 aliphatic rings. The van der Waals surface area contributed by atoms with Crippen molar-refractivity contribution in [2.24, 2.45) is 5.73 Å². The highest BCUT2D eigenvalue weighted by Gasteiger charge is 2.40. The zero-order valence-corrected chi connectivity index (χ0v) is 16.4. The Morgan fingerprint density at radius 2 is 1.65 bits per heavy atom. The first-order chi connectivity index (χ1) is 12.0. The van der Waals surface area contributed by atoms with E-state index >= 15 is 0 Å². The van der Waals surface area contributed by atoms with E-state index in [1.807, 2.05) is 42.5 Å². The highest BCUT2D eigenvalue weighted by Crippen LogP contribution is 2.46. The summed E-state index contributed by atoms with van der Waals surface area (Å²) in [4.78, 5) is 29.3. The Hall–Kier alpha value is -2.15. The van der Waals surface area contributed by atoms with Gasteiger partial charge in [-0.05, 0) is 24.3 Å². The Morgan fingerprint density at radius 1 is 0.962 bits per heavy atom. The van der Waals surface area contributed by atoms with Crippen LogP contribution in [0.15, 0.2) is 46.9 Å². The maximum atomic E-state index is 13.1. The molecule has 0 atom stereocenters. The molecule has 2 heterocycles. The molecule has 0 bridgehead atoms. The minimum atomic E-state index is -0.170. The average molecular weight is 435 g/mol. The third-order valence-electron chi connectivity index (χ3n) is 4.63. The molecular formula is C19H17BrClN3O2. The fraction of sp³-hybridized carbons (Fsp3) is 0.158. The predicted molar refractivity (Wildman–Crippen MR) is 109 cm³/mol. The molecule has 2 aromatic carbocycles. The first-order valence-electron chi connectivity index (χ1n) is 7.98. The highest BCUT2D eigenvalue weighted by atomic mass is 79.9. The monoisotopic (exact) mass is 433 g/mol. The van der Waals surface area contributed by atoms with Gasteiger partial charge in [0.1, 0.15) is 0 Å². The van der Waals surface area contributed by atoms with Crippen molar-refractivity contribution >= 4 is 62.7 Å². The number of carbonyl (C=O) groups is 2. The van der Waals surface area contributed by atoms with Crippen molar-refractivity contribution in [2.75, 3.05) is 29.9 Å². The fourth-order valence-electron chi connectivity index (χ4n) is 3.51. The molecule has 0 radical (unpaired) electrons. The molecule has 134 valence electrons. The molecule has 0 aliphatic carbocycles. The Balaban J connectivity index is 0.00000196. The molecule has 26 heavy (non-hydrogen) atoms. The summed E-state index contributed by atoms with van der Waals surface area (Å²) in [6.07, 6.45) is 0. The fourth-order valence-corrected chi connectivity index (χ4v) is 3.87. The maximum Gasteiger partial charge on any atom is 0.259 e. The van der Waals surface area contributed by atoms with Gasteiger partial charge in [-0.15, -0.1) is 12.4 Å². The van der Waals surface area contributed by atoms with E-state index in [0.717, 1.165) is 27.0 Å². The van der Waals surface area contributed by atoms with Gasteiger partial charge < -0.3 is 15.5 Å². The van der Waals surface area contributed by atoms with Crippen molar-refractivity contribution in [1.82, 2.24) is 0 Å². The van der Waals surface area contributed by atoms with Gasteiger partial charge in [-0.3, -0.25) is 9.59 Å². The molecule has 0 unspecified atom stereocenters. The molecule has 0 aromatic heterocycles. The van der Waals surface area contributed by atoms with E-state index in [1.54, 1.807) is 16.8 Å². The van der Waals surface area contributed by atoms with Crippen LogP contribution in [0.2, 0.25) is 0 Å². The molecule has 0 saturated carbocycles. The topological polar surface area (TPSA) is 66.6 Å². The van der Waals surface area contributed by atoms with E-state index in [1.165, 1.54) is 0 Å². The third kappa shape index (κ3) is 2.57. The van der Waals surface area contributed by atoms with E-state index in [4.69, 9.17) is 5.73 Å². The SMILES string of the molecule is CN1C(=O)/C(=C2/C(=O)N(CCN)c3ccccc32)c2cc(Br)ccc21.Cl. The van der Waals surface area contributed by atoms with Crippen molar-refractivity contribution in [3.63, 3.8) is 0 Å². The first-order valence-corrected chi connectivity index (χ1v) is 8.77. The Labute approximate surface area is 166 Å². The Bertz CT molecular complexity index is 958. The van der Waals surface area contributed by atoms with Crippen LogP contribution in [0.1, 0.15) is 11.1 Å². The lowest BCUT2D eigenvalue weighted by atomic mass is 9.96. The van der Waals surface area contributed by atoms with Gasteiger partial charge in [-0.2, -0.15) is 0 Å². The second-order valence-electron chi connectivity index (χ2n) is 6.04. The lowest BCUT2D eigenvalue weighted by Crippen LogP contribution is -2.32. The van der Waals surface area contributed by atoms with Gasteiger partial charge in [0.2, 0.25) is 0 Å². The van der Waals surface area contributed by atoms with Crippen LogP contribution < -0.4 is 15.5 Å². The molecule has 2 aliphatic heterocycles. The minimum Gasteiger partial charge on any atom is -0.329 e. The molecular weight excluding hydrogens is 418 g/mol. The summed E-state index contributed by atoms with van der Waals surface area (Å²) in [6, 6.07) is 13.2. The largest absolute Gasteiger partial charge is 0.329 e. The molecule has 7 heteroatoms. The van der Waals surface area contributed by atoms with Crippen molar-refractivity contribution in [3.8, 4) is 0 Å². The molecule has 2 amide bonds. The smallest absolute Gasteiger partial charge is 0.259 e. The highest BCUT2D eigenvalue weighted by molar-refractivity contribution is 9.10. The van der Waals surface area contributed by atoms with E-state index in [-0.39, 0.29) is 24.2 Å². The predicted octanol–water partition coefficient (Wildman–Crippen LogP) is 3.06. The summed E-state index contributed by atoms with van der Waals surface area (Å²) in [5.41, 5.74) is 9.76. The van der Waals surface area contributed by atoms with Gasteiger partial charge in [0.15, 0.2) is 0 Å². The summed E-state index contributed by atoms with van der Waals surface area (Å²) >= 11 is 3.46. The first kappa shape index (κ1) is 18.6. The summed E-state index contributed by atoms with van der Waals surface area (Å²) in [7, 11) is 1.73. The molecule has 5 nitrogen and oxygen atoms in total. The number of hydrogen-bond acceptors (Lipinski definition) is 3. The third-order valence-corrected chi connectivity index (χ3v) is 5.13. The number of carbonyl (C=O) groups excluding carboxylic acids is 2. The van der Waals surface area contributed by atoms with Crippen LogP contribution in [-0.2, 0) is 9.59 Å². The second kappa shape index (κ2) is 6.87. The number of benzene rings is 2. The van der Waals surface area contributed by atoms with Crippen LogP contribution in [0.3, 0.4) is 0 Å². The van der Waals surface area contributed by atoms with Crippen LogP contribution in [0.25, 0.3) is 11.1 Å². The average Bonchev–Trinajstić information content (AvgIpc) is 3.01. The number of nitrogens with zero attached hydrogens (tertiary/aromatic N) is 2. The molecule has 0 saturated heterocycles. The van der Waals surface area contributed by atoms with Gasteiger partial charge in [0, 0.05) is 35.7 Å². The molecule has 4 rings (SSSR count). The Morgan fingerprint density at radius 3 is 2.38 bits per heavy atom. The van der Waals surface area contributed by atoms with Crippen LogP contribution in [-0.4, -0.2) is 32.0 Å². The van der Waals surface area contributed by atoms with Crippen LogP contribution >= 0.6 is 28.3 Å². The quantitative estimate of drug-likeness (QED) is 0.739. The number of rotatable bonds is 2. The van der Waals surface area contributed by atoms with Crippen LogP contribution in [0.4, 0.5) is 11.4 Å². The van der Waals surface area contributed by atoms with Crippen LogP contribution in [0, 0.1) is 0 Å². The van der Waals surface area contributed by atoms with Gasteiger partial charge in [-0.25, -0.2) is 0 Å². The summed E-state index contributed by atoms with van der Waals surface area (Å²) < 4.78 is 0.866. The van der Waals surface area contributed by atoms with E-state index < -0.39 is 0 Å². The number of amides is 2. The molecule has 2 aromatic rings. The number of anilines is 2. The van der Waals surface area contributed by atoms with Crippen molar-refractivity contribution in [3.05, 3.63) is 58.1 Å². The van der Waals surface area contributed by atoms with Gasteiger partial charge in [0.25, 0.3) is 11.8 Å². The standard InChI is InChI=1S/C19H16BrN3O2.ClH/c1-22-14-7-6-11(20)10-13(14)17(18(22)24)16-12-4-2-3-5-15(12)23(9-8-21)19(16)25;/h2-7,10H,8-9,21H2,1H3;1H/b17-16+;. The second-order valence-corrected chi connectivity index (χ2v) is 6.95. The van der Waals surface area contributed by atoms with Crippen molar-refractivity contribution in [2.45, 2.75) is 0 Å². The number of halogens is 2. The molecule has 0 spiro atoms. The summed E-state index contributed by atoms with van der Waals surface area (Å²) in [5, 5.41) is 0. The molecule has 0 fully saturated rings. The van der Waals surface area contributed by atoms with Gasteiger partial charge >= 0.3 is 0 Å². The van der Waals surface area contributed by atoms with Gasteiger partial charge in [-0.1, -0.05) is 34.1 Å². The number of likely N-dealkylation sites (N-methyl/N-ethyl adjacent to an activating group) is 1. The van der Waals surface area contributed by atoms with E-state index in [2.05, 4.69) is 15.9 Å². The van der Waals surface area contributed by atoms with Crippen molar-refractivity contribution < 1.29 is 9.59 Å². The number of nitrogens with two attached hydrogens (primary N) is 1.